The van der Waals surface area contributed by atoms with Gasteiger partial charge in [0.15, 0.2) is 5.76 Å². The van der Waals surface area contributed by atoms with Crippen molar-refractivity contribution in [2.24, 2.45) is 0 Å². The van der Waals surface area contributed by atoms with Gasteiger partial charge in [0, 0.05) is 23.2 Å². The topological polar surface area (TPSA) is 64.7 Å². The van der Waals surface area contributed by atoms with Crippen molar-refractivity contribution >= 4 is 15.9 Å². The molecule has 1 aromatic carbocycles. The Morgan fingerprint density at radius 3 is 2.85 bits per heavy atom. The number of aliphatic hydroxyl groups excluding tert-OH is 1. The van der Waals surface area contributed by atoms with Gasteiger partial charge in [-0.15, -0.1) is 0 Å². The van der Waals surface area contributed by atoms with Crippen LogP contribution in [0.3, 0.4) is 0 Å². The monoisotopic (exact) mass is 341 g/mol. The Morgan fingerprint density at radius 1 is 1.35 bits per heavy atom. The lowest BCUT2D eigenvalue weighted by atomic mass is 10.1. The Bertz CT molecular complexity index is 568. The highest BCUT2D eigenvalue weighted by atomic mass is 79.9. The number of aromatic nitrogens is 1. The second-order valence-electron chi connectivity index (χ2n) is 4.36. The van der Waals surface area contributed by atoms with Gasteiger partial charge in [0.1, 0.15) is 24.7 Å². The number of halogens is 1. The van der Waals surface area contributed by atoms with Crippen LogP contribution in [-0.4, -0.2) is 17.4 Å². The summed E-state index contributed by atoms with van der Waals surface area (Å²) in [5.41, 5.74) is 1.40. The molecule has 20 heavy (non-hydrogen) atoms. The molecule has 1 heterocycles. The molecule has 0 spiro atoms. The Morgan fingerprint density at radius 2 is 2.15 bits per heavy atom. The molecule has 2 aromatic rings. The molecule has 0 aliphatic carbocycles. The highest BCUT2D eigenvalue weighted by Crippen LogP contribution is 2.29. The standard InChI is InChI=1S/C14H16BrNO4/c1-9(17)13-5-10(15)3-4-14(13)19-7-11-6-12(8-18-2)20-16-11/h3-6,9,17H,7-8H2,1-2H3. The van der Waals surface area contributed by atoms with E-state index in [1.165, 1.54) is 0 Å². The van der Waals surface area contributed by atoms with Crippen molar-refractivity contribution in [2.45, 2.75) is 26.2 Å². The van der Waals surface area contributed by atoms with Gasteiger partial charge >= 0.3 is 0 Å². The minimum Gasteiger partial charge on any atom is -0.487 e. The van der Waals surface area contributed by atoms with Gasteiger partial charge < -0.3 is 19.1 Å². The minimum atomic E-state index is -0.608. The van der Waals surface area contributed by atoms with Crippen LogP contribution in [0, 0.1) is 0 Å². The minimum absolute atomic E-state index is 0.272. The lowest BCUT2D eigenvalue weighted by Gasteiger charge is -2.13. The van der Waals surface area contributed by atoms with E-state index < -0.39 is 6.10 Å². The van der Waals surface area contributed by atoms with E-state index in [0.29, 0.717) is 23.8 Å². The van der Waals surface area contributed by atoms with Crippen molar-refractivity contribution in [3.8, 4) is 5.75 Å². The molecule has 108 valence electrons. The average molecular weight is 342 g/mol. The maximum absolute atomic E-state index is 9.75. The fraction of sp³-hybridized carbons (Fsp3) is 0.357. The smallest absolute Gasteiger partial charge is 0.162 e. The Kier molecular flexibility index (Phi) is 5.17. The molecule has 0 fully saturated rings. The second kappa shape index (κ2) is 6.88. The summed E-state index contributed by atoms with van der Waals surface area (Å²) in [6.45, 7) is 2.35. The molecule has 1 aromatic heterocycles. The lowest BCUT2D eigenvalue weighted by Crippen LogP contribution is -2.01. The molecule has 0 aliphatic heterocycles. The number of hydrogen-bond donors (Lipinski definition) is 1. The molecule has 1 atom stereocenters. The molecule has 0 bridgehead atoms. The van der Waals surface area contributed by atoms with Crippen LogP contribution in [0.5, 0.6) is 5.75 Å². The van der Waals surface area contributed by atoms with Gasteiger partial charge in [-0.1, -0.05) is 21.1 Å². The van der Waals surface area contributed by atoms with Gasteiger partial charge in [0.05, 0.1) is 6.10 Å². The molecule has 0 saturated carbocycles. The predicted octanol–water partition coefficient (Wildman–Crippen LogP) is 3.22. The average Bonchev–Trinajstić information content (AvgIpc) is 2.85. The van der Waals surface area contributed by atoms with Crippen molar-refractivity contribution < 1.29 is 19.1 Å². The molecule has 2 rings (SSSR count). The fourth-order valence-corrected chi connectivity index (χ4v) is 2.14. The third kappa shape index (κ3) is 3.82. The van der Waals surface area contributed by atoms with E-state index in [0.717, 1.165) is 10.0 Å². The zero-order chi connectivity index (χ0) is 14.5. The first-order valence-corrected chi connectivity index (χ1v) is 6.93. The van der Waals surface area contributed by atoms with E-state index in [9.17, 15) is 5.11 Å². The van der Waals surface area contributed by atoms with Crippen molar-refractivity contribution in [3.05, 3.63) is 45.8 Å². The number of hydrogen-bond acceptors (Lipinski definition) is 5. The molecule has 0 amide bonds. The van der Waals surface area contributed by atoms with Gasteiger partial charge in [-0.2, -0.15) is 0 Å². The fourth-order valence-electron chi connectivity index (χ4n) is 1.76. The third-order valence-electron chi connectivity index (χ3n) is 2.69. The van der Waals surface area contributed by atoms with Crippen LogP contribution < -0.4 is 4.74 Å². The molecule has 5 nitrogen and oxygen atoms in total. The van der Waals surface area contributed by atoms with E-state index >= 15 is 0 Å². The summed E-state index contributed by atoms with van der Waals surface area (Å²) in [6, 6.07) is 7.28. The summed E-state index contributed by atoms with van der Waals surface area (Å²) in [6.07, 6.45) is -0.608. The molecular formula is C14H16BrNO4. The summed E-state index contributed by atoms with van der Waals surface area (Å²) in [7, 11) is 1.59. The summed E-state index contributed by atoms with van der Waals surface area (Å²) in [4.78, 5) is 0. The van der Waals surface area contributed by atoms with Crippen LogP contribution in [0.25, 0.3) is 0 Å². The SMILES string of the molecule is COCc1cc(COc2ccc(Br)cc2C(C)O)no1. The van der Waals surface area contributed by atoms with E-state index in [-0.39, 0.29) is 6.61 Å². The second-order valence-corrected chi connectivity index (χ2v) is 5.28. The van der Waals surface area contributed by atoms with Crippen molar-refractivity contribution in [1.29, 1.82) is 0 Å². The zero-order valence-corrected chi connectivity index (χ0v) is 12.9. The van der Waals surface area contributed by atoms with Gasteiger partial charge in [-0.05, 0) is 25.1 Å². The Labute approximate surface area is 125 Å². The Hall–Kier alpha value is -1.37. The zero-order valence-electron chi connectivity index (χ0n) is 11.3. The summed E-state index contributed by atoms with van der Waals surface area (Å²) < 4.78 is 16.6. The molecule has 0 radical (unpaired) electrons. The van der Waals surface area contributed by atoms with E-state index in [1.807, 2.05) is 18.2 Å². The van der Waals surface area contributed by atoms with Crippen molar-refractivity contribution in [1.82, 2.24) is 5.16 Å². The lowest BCUT2D eigenvalue weighted by molar-refractivity contribution is 0.155. The van der Waals surface area contributed by atoms with Gasteiger partial charge in [0.25, 0.3) is 0 Å². The number of ether oxygens (including phenoxy) is 2. The van der Waals surface area contributed by atoms with Crippen LogP contribution in [-0.2, 0) is 18.0 Å². The van der Waals surface area contributed by atoms with Crippen LogP contribution in [0.4, 0.5) is 0 Å². The molecule has 6 heteroatoms. The van der Waals surface area contributed by atoms with Crippen LogP contribution in [0.2, 0.25) is 0 Å². The molecular weight excluding hydrogens is 326 g/mol. The highest BCUT2D eigenvalue weighted by molar-refractivity contribution is 9.10. The van der Waals surface area contributed by atoms with Crippen molar-refractivity contribution in [3.63, 3.8) is 0 Å². The number of nitrogens with zero attached hydrogens (tertiary/aromatic N) is 1. The van der Waals surface area contributed by atoms with Gasteiger partial charge in [0.2, 0.25) is 0 Å². The first-order valence-electron chi connectivity index (χ1n) is 6.14. The Balaban J connectivity index is 2.06. The molecule has 1 unspecified atom stereocenters. The molecule has 0 saturated heterocycles. The predicted molar refractivity (Wildman–Crippen MR) is 76.3 cm³/mol. The third-order valence-corrected chi connectivity index (χ3v) is 3.19. The van der Waals surface area contributed by atoms with Gasteiger partial charge in [-0.25, -0.2) is 0 Å². The van der Waals surface area contributed by atoms with Crippen LogP contribution >= 0.6 is 15.9 Å². The number of rotatable bonds is 6. The van der Waals surface area contributed by atoms with E-state index in [4.69, 9.17) is 14.0 Å². The van der Waals surface area contributed by atoms with E-state index in [1.54, 1.807) is 20.1 Å². The maximum Gasteiger partial charge on any atom is 0.162 e. The van der Waals surface area contributed by atoms with Gasteiger partial charge in [-0.3, -0.25) is 0 Å². The summed E-state index contributed by atoms with van der Waals surface area (Å²) >= 11 is 3.37. The summed E-state index contributed by atoms with van der Waals surface area (Å²) in [5.74, 6) is 1.28. The van der Waals surface area contributed by atoms with Crippen LogP contribution in [0.1, 0.15) is 30.0 Å². The number of benzene rings is 1. The normalized spacial score (nSPS) is 12.4. The quantitative estimate of drug-likeness (QED) is 0.873. The first kappa shape index (κ1) is 15.0. The number of methoxy groups -OCH3 is 1. The largest absolute Gasteiger partial charge is 0.487 e. The summed E-state index contributed by atoms with van der Waals surface area (Å²) in [5, 5.41) is 13.6. The highest BCUT2D eigenvalue weighted by Gasteiger charge is 2.11. The van der Waals surface area contributed by atoms with Crippen LogP contribution in [0.15, 0.2) is 33.3 Å². The molecule has 0 aliphatic rings. The first-order chi connectivity index (χ1) is 9.60. The maximum atomic E-state index is 9.75. The van der Waals surface area contributed by atoms with Crippen molar-refractivity contribution in [2.75, 3.05) is 7.11 Å². The molecule has 1 N–H and O–H groups in total. The number of aliphatic hydroxyl groups is 1. The van der Waals surface area contributed by atoms with E-state index in [2.05, 4.69) is 21.1 Å².